The van der Waals surface area contributed by atoms with E-state index in [2.05, 4.69) is 72.8 Å². The number of fused-ring (bicyclic) bond motifs is 1. The molecule has 0 aliphatic rings. The van der Waals surface area contributed by atoms with Gasteiger partial charge in [0.15, 0.2) is 0 Å². The average molecular weight is 407 g/mol. The minimum Gasteiger partial charge on any atom is -0.427 e. The number of benzene rings is 4. The number of rotatable bonds is 6. The number of hydrogen-bond donors (Lipinski definition) is 1. The summed E-state index contributed by atoms with van der Waals surface area (Å²) in [7, 11) is 1.74. The summed E-state index contributed by atoms with van der Waals surface area (Å²) in [6.07, 6.45) is 0. The van der Waals surface area contributed by atoms with Crippen LogP contribution in [0, 0.1) is 0 Å². The standard InChI is InChI=1S/C28H28BO2/c1-27(2,30)28(3,4)31-29-24-15-10-14-22(18-24)26-19-23(20-11-6-5-7-12-20)17-21-13-8-9-16-25(21)26/h5-19,30H,1-4H3. The molecule has 31 heavy (non-hydrogen) atoms. The number of aliphatic hydroxyl groups is 1. The van der Waals surface area contributed by atoms with E-state index < -0.39 is 11.2 Å². The molecule has 0 saturated heterocycles. The molecule has 0 amide bonds. The van der Waals surface area contributed by atoms with E-state index >= 15 is 0 Å². The normalized spacial score (nSPS) is 12.2. The molecule has 0 bridgehead atoms. The smallest absolute Gasteiger partial charge is 0.330 e. The Morgan fingerprint density at radius 3 is 2.10 bits per heavy atom. The van der Waals surface area contributed by atoms with Crippen molar-refractivity contribution in [2.24, 2.45) is 0 Å². The molecule has 0 fully saturated rings. The highest BCUT2D eigenvalue weighted by atomic mass is 16.5. The van der Waals surface area contributed by atoms with Crippen LogP contribution < -0.4 is 5.46 Å². The maximum Gasteiger partial charge on any atom is 0.330 e. The molecule has 0 saturated carbocycles. The SMILES string of the molecule is CC(C)(O)C(C)(C)O[B]c1cccc(-c2cc(-c3ccccc3)cc3ccccc23)c1. The van der Waals surface area contributed by atoms with Crippen LogP contribution in [0.4, 0.5) is 0 Å². The largest absolute Gasteiger partial charge is 0.427 e. The molecule has 0 atom stereocenters. The van der Waals surface area contributed by atoms with Crippen molar-refractivity contribution in [1.29, 1.82) is 0 Å². The lowest BCUT2D eigenvalue weighted by Gasteiger charge is -2.37. The van der Waals surface area contributed by atoms with E-state index in [1.807, 2.05) is 32.0 Å². The molecule has 0 aliphatic carbocycles. The zero-order valence-corrected chi connectivity index (χ0v) is 18.6. The highest BCUT2D eigenvalue weighted by molar-refractivity contribution is 6.47. The maximum absolute atomic E-state index is 10.4. The Morgan fingerprint density at radius 2 is 1.35 bits per heavy atom. The summed E-state index contributed by atoms with van der Waals surface area (Å²) >= 11 is 0. The van der Waals surface area contributed by atoms with Gasteiger partial charge in [0.25, 0.3) is 0 Å². The molecule has 0 aliphatic heterocycles. The van der Waals surface area contributed by atoms with E-state index in [0.29, 0.717) is 0 Å². The lowest BCUT2D eigenvalue weighted by Crippen LogP contribution is -2.49. The molecule has 4 rings (SSSR count). The van der Waals surface area contributed by atoms with Crippen molar-refractivity contribution in [3.8, 4) is 22.3 Å². The fourth-order valence-corrected chi connectivity index (χ4v) is 3.49. The second kappa shape index (κ2) is 8.34. The maximum atomic E-state index is 10.4. The summed E-state index contributed by atoms with van der Waals surface area (Å²) in [5.74, 6) is 0. The first-order valence-corrected chi connectivity index (χ1v) is 10.7. The van der Waals surface area contributed by atoms with E-state index in [0.717, 1.165) is 11.0 Å². The summed E-state index contributed by atoms with van der Waals surface area (Å²) in [4.78, 5) is 0. The molecule has 1 radical (unpaired) electrons. The van der Waals surface area contributed by atoms with E-state index in [1.165, 1.54) is 27.5 Å². The van der Waals surface area contributed by atoms with Crippen LogP contribution in [0.25, 0.3) is 33.0 Å². The van der Waals surface area contributed by atoms with Gasteiger partial charge in [-0.1, -0.05) is 84.3 Å². The van der Waals surface area contributed by atoms with Crippen molar-refractivity contribution in [1.82, 2.24) is 0 Å². The van der Waals surface area contributed by atoms with Gasteiger partial charge in [-0.05, 0) is 72.9 Å². The monoisotopic (exact) mass is 407 g/mol. The molecule has 4 aromatic carbocycles. The van der Waals surface area contributed by atoms with Crippen molar-refractivity contribution < 1.29 is 9.76 Å². The summed E-state index contributed by atoms with van der Waals surface area (Å²) in [6, 6.07) is 31.8. The predicted molar refractivity (Wildman–Crippen MR) is 132 cm³/mol. The summed E-state index contributed by atoms with van der Waals surface area (Å²) in [5.41, 5.74) is 4.02. The zero-order valence-electron chi connectivity index (χ0n) is 18.6. The van der Waals surface area contributed by atoms with Crippen LogP contribution in [0.1, 0.15) is 27.7 Å². The predicted octanol–water partition coefficient (Wildman–Crippen LogP) is 5.98. The second-order valence-corrected chi connectivity index (χ2v) is 9.04. The van der Waals surface area contributed by atoms with Gasteiger partial charge < -0.3 is 9.76 Å². The quantitative estimate of drug-likeness (QED) is 0.398. The number of hydrogen-bond acceptors (Lipinski definition) is 2. The Hall–Kier alpha value is -2.88. The van der Waals surface area contributed by atoms with Gasteiger partial charge in [-0.15, -0.1) is 0 Å². The third kappa shape index (κ3) is 4.58. The molecular formula is C28H28BO2. The summed E-state index contributed by atoms with van der Waals surface area (Å²) in [6.45, 7) is 7.31. The van der Waals surface area contributed by atoms with Gasteiger partial charge in [-0.2, -0.15) is 0 Å². The molecule has 155 valence electrons. The lowest BCUT2D eigenvalue weighted by molar-refractivity contribution is -0.0893. The van der Waals surface area contributed by atoms with Gasteiger partial charge in [0.1, 0.15) is 0 Å². The molecule has 3 heteroatoms. The van der Waals surface area contributed by atoms with Crippen LogP contribution in [0.2, 0.25) is 0 Å². The van der Waals surface area contributed by atoms with E-state index in [9.17, 15) is 5.11 Å². The molecular weight excluding hydrogens is 379 g/mol. The van der Waals surface area contributed by atoms with Crippen molar-refractivity contribution >= 4 is 23.7 Å². The van der Waals surface area contributed by atoms with Crippen LogP contribution in [0.5, 0.6) is 0 Å². The Kier molecular flexibility index (Phi) is 5.74. The van der Waals surface area contributed by atoms with Gasteiger partial charge in [0, 0.05) is 0 Å². The van der Waals surface area contributed by atoms with Crippen molar-refractivity contribution in [3.63, 3.8) is 0 Å². The molecule has 0 heterocycles. The zero-order chi connectivity index (χ0) is 22.1. The van der Waals surface area contributed by atoms with Gasteiger partial charge in [-0.25, -0.2) is 0 Å². The van der Waals surface area contributed by atoms with Crippen molar-refractivity contribution in [3.05, 3.63) is 91.0 Å². The Labute approximate surface area is 185 Å². The molecule has 4 aromatic rings. The van der Waals surface area contributed by atoms with Crippen LogP contribution in [-0.4, -0.2) is 23.8 Å². The first kappa shape index (κ1) is 21.4. The van der Waals surface area contributed by atoms with E-state index in [-0.39, 0.29) is 0 Å². The van der Waals surface area contributed by atoms with E-state index in [1.54, 1.807) is 21.3 Å². The van der Waals surface area contributed by atoms with Crippen LogP contribution in [0.15, 0.2) is 91.0 Å². The highest BCUT2D eigenvalue weighted by Gasteiger charge is 2.35. The molecule has 0 unspecified atom stereocenters. The van der Waals surface area contributed by atoms with Gasteiger partial charge >= 0.3 is 7.48 Å². The Morgan fingerprint density at radius 1 is 0.677 bits per heavy atom. The molecule has 0 aromatic heterocycles. The third-order valence-electron chi connectivity index (χ3n) is 6.13. The van der Waals surface area contributed by atoms with E-state index in [4.69, 9.17) is 4.65 Å². The Bertz CT molecular complexity index is 1190. The third-order valence-corrected chi connectivity index (χ3v) is 6.13. The van der Waals surface area contributed by atoms with Crippen LogP contribution in [0.3, 0.4) is 0 Å². The fraction of sp³-hybridized carbons (Fsp3) is 0.214. The van der Waals surface area contributed by atoms with Gasteiger partial charge in [0.2, 0.25) is 0 Å². The average Bonchev–Trinajstić information content (AvgIpc) is 2.77. The molecule has 2 nitrogen and oxygen atoms in total. The van der Waals surface area contributed by atoms with Gasteiger partial charge in [0.05, 0.1) is 11.2 Å². The summed E-state index contributed by atoms with van der Waals surface area (Å²) in [5, 5.41) is 12.8. The first-order valence-electron chi connectivity index (χ1n) is 10.7. The highest BCUT2D eigenvalue weighted by Crippen LogP contribution is 2.34. The lowest BCUT2D eigenvalue weighted by atomic mass is 9.81. The Balaban J connectivity index is 1.74. The topological polar surface area (TPSA) is 29.5 Å². The minimum absolute atomic E-state index is 0.705. The van der Waals surface area contributed by atoms with Crippen LogP contribution >= 0.6 is 0 Å². The fourth-order valence-electron chi connectivity index (χ4n) is 3.49. The van der Waals surface area contributed by atoms with Gasteiger partial charge in [-0.3, -0.25) is 0 Å². The summed E-state index contributed by atoms with van der Waals surface area (Å²) < 4.78 is 5.98. The second-order valence-electron chi connectivity index (χ2n) is 9.04. The first-order chi connectivity index (χ1) is 14.7. The minimum atomic E-state index is -0.957. The van der Waals surface area contributed by atoms with Crippen molar-refractivity contribution in [2.75, 3.05) is 0 Å². The van der Waals surface area contributed by atoms with Crippen LogP contribution in [-0.2, 0) is 4.65 Å². The molecule has 0 spiro atoms. The van der Waals surface area contributed by atoms with Crippen molar-refractivity contribution in [2.45, 2.75) is 38.9 Å². The molecule has 1 N–H and O–H groups in total.